The fourth-order valence-corrected chi connectivity index (χ4v) is 3.33. The minimum Gasteiger partial charge on any atom is -0.633 e. The first kappa shape index (κ1) is 21.8. The lowest BCUT2D eigenvalue weighted by atomic mass is 9.83. The Balaban J connectivity index is 2.00. The Morgan fingerprint density at radius 3 is 1.73 bits per heavy atom. The van der Waals surface area contributed by atoms with E-state index in [-0.39, 0.29) is 28.3 Å². The average Bonchev–Trinajstić information content (AvgIpc) is 2.64. The maximum atomic E-state index is 13.3. The minimum atomic E-state index is -0.475. The third kappa shape index (κ3) is 4.82. The van der Waals surface area contributed by atoms with E-state index in [1.165, 1.54) is 46.7 Å². The van der Waals surface area contributed by atoms with Crippen molar-refractivity contribution < 1.29 is 18.9 Å². The highest BCUT2D eigenvalue weighted by molar-refractivity contribution is 6.31. The van der Waals surface area contributed by atoms with Crippen LogP contribution < -0.4 is 10.6 Å². The van der Waals surface area contributed by atoms with E-state index in [0.717, 1.165) is 0 Å². The first-order chi connectivity index (χ1) is 14.0. The van der Waals surface area contributed by atoms with Gasteiger partial charge in [-0.2, -0.15) is 0 Å². The highest BCUT2D eigenvalue weighted by atomic mass is 16.5. The molecule has 0 atom stereocenters. The second kappa shape index (κ2) is 8.11. The Morgan fingerprint density at radius 1 is 0.800 bits per heavy atom. The van der Waals surface area contributed by atoms with Gasteiger partial charge in [0.1, 0.15) is 0 Å². The summed E-state index contributed by atoms with van der Waals surface area (Å²) in [5.41, 5.74) is 2.10. The molecule has 0 aliphatic heterocycles. The second-order valence-corrected chi connectivity index (χ2v) is 8.44. The summed E-state index contributed by atoms with van der Waals surface area (Å²) in [5.74, 6) is -0.571. The number of likely N-dealkylation sites (N-methyl/N-ethyl adjacent to an activating group) is 2. The SMILES string of the molecule is C[N+](C)([O-])CCNc1ccc(NCC[N+](C)(C)[O-])c2c1C(=O)c1ccncc1C2=O. The molecule has 9 heteroatoms. The average molecular weight is 413 g/mol. The topological polar surface area (TPSA) is 117 Å². The number of carbonyl (C=O) groups excluding carboxylic acids is 2. The van der Waals surface area contributed by atoms with Gasteiger partial charge >= 0.3 is 0 Å². The minimum absolute atomic E-state index is 0.257. The van der Waals surface area contributed by atoms with Gasteiger partial charge < -0.3 is 30.3 Å². The van der Waals surface area contributed by atoms with Crippen molar-refractivity contribution in [1.29, 1.82) is 0 Å². The lowest BCUT2D eigenvalue weighted by Gasteiger charge is -2.34. The van der Waals surface area contributed by atoms with Crippen LogP contribution in [-0.4, -0.2) is 80.2 Å². The number of quaternary nitrogens is 2. The van der Waals surface area contributed by atoms with Crippen LogP contribution in [-0.2, 0) is 0 Å². The summed E-state index contributed by atoms with van der Waals surface area (Å²) in [6.07, 6.45) is 2.88. The lowest BCUT2D eigenvalue weighted by Crippen LogP contribution is -2.37. The van der Waals surface area contributed by atoms with Crippen molar-refractivity contribution in [2.75, 3.05) is 65.0 Å². The summed E-state index contributed by atoms with van der Waals surface area (Å²) in [6.45, 7) is 1.29. The number of carbonyl (C=O) groups is 2. The number of anilines is 2. The van der Waals surface area contributed by atoms with Crippen LogP contribution in [0.1, 0.15) is 31.8 Å². The van der Waals surface area contributed by atoms with Gasteiger partial charge in [0.2, 0.25) is 0 Å². The number of rotatable bonds is 8. The molecule has 30 heavy (non-hydrogen) atoms. The number of nitrogens with one attached hydrogen (secondary N) is 2. The molecule has 2 aromatic rings. The summed E-state index contributed by atoms with van der Waals surface area (Å²) < 4.78 is -0.947. The van der Waals surface area contributed by atoms with Gasteiger partial charge in [-0.05, 0) is 18.2 Å². The van der Waals surface area contributed by atoms with Gasteiger partial charge in [-0.3, -0.25) is 14.6 Å². The van der Waals surface area contributed by atoms with Gasteiger partial charge in [0.15, 0.2) is 11.6 Å². The third-order valence-corrected chi connectivity index (χ3v) is 4.90. The normalized spacial score (nSPS) is 13.7. The largest absolute Gasteiger partial charge is 0.633 e. The quantitative estimate of drug-likeness (QED) is 0.427. The monoisotopic (exact) mass is 413 g/mol. The first-order valence-corrected chi connectivity index (χ1v) is 9.74. The Bertz CT molecular complexity index is 898. The standard InChI is InChI=1S/C21H27N5O4/c1-25(2,29)11-9-23-16-5-6-17(24-10-12-26(3,4)30)19-18(16)20(27)14-7-8-22-13-15(14)21(19)28/h5-8,13,23-24H,9-12H2,1-4H3. The molecule has 0 radical (unpaired) electrons. The fourth-order valence-electron chi connectivity index (χ4n) is 3.33. The van der Waals surface area contributed by atoms with E-state index in [4.69, 9.17) is 0 Å². The summed E-state index contributed by atoms with van der Waals surface area (Å²) in [5, 5.41) is 30.0. The molecule has 0 spiro atoms. The molecule has 0 bridgehead atoms. The van der Waals surface area contributed by atoms with Crippen LogP contribution >= 0.6 is 0 Å². The predicted molar refractivity (Wildman–Crippen MR) is 115 cm³/mol. The van der Waals surface area contributed by atoms with Gasteiger partial charge in [0.25, 0.3) is 0 Å². The van der Waals surface area contributed by atoms with Crippen molar-refractivity contribution in [1.82, 2.24) is 4.98 Å². The van der Waals surface area contributed by atoms with Crippen molar-refractivity contribution in [2.45, 2.75) is 0 Å². The Morgan fingerprint density at radius 2 is 1.27 bits per heavy atom. The molecule has 2 N–H and O–H groups in total. The number of benzene rings is 1. The first-order valence-electron chi connectivity index (χ1n) is 9.74. The summed E-state index contributed by atoms with van der Waals surface area (Å²) in [7, 11) is 6.16. The van der Waals surface area contributed by atoms with Gasteiger partial charge in [-0.25, -0.2) is 0 Å². The van der Waals surface area contributed by atoms with Crippen molar-refractivity contribution in [3.8, 4) is 0 Å². The molecule has 0 amide bonds. The van der Waals surface area contributed by atoms with Gasteiger partial charge in [-0.1, -0.05) is 0 Å². The predicted octanol–water partition coefficient (Wildman–Crippen LogP) is 1.83. The maximum Gasteiger partial charge on any atom is 0.198 e. The van der Waals surface area contributed by atoms with E-state index in [2.05, 4.69) is 15.6 Å². The van der Waals surface area contributed by atoms with Crippen LogP contribution in [0.5, 0.6) is 0 Å². The smallest absolute Gasteiger partial charge is 0.198 e. The van der Waals surface area contributed by atoms with Gasteiger partial charge in [0.05, 0.1) is 71.1 Å². The molecule has 160 valence electrons. The number of hydroxylamine groups is 6. The molecule has 1 aliphatic rings. The van der Waals surface area contributed by atoms with Crippen LogP contribution in [0.4, 0.5) is 11.4 Å². The molecule has 0 fully saturated rings. The van der Waals surface area contributed by atoms with E-state index >= 15 is 0 Å². The Kier molecular flexibility index (Phi) is 5.91. The second-order valence-electron chi connectivity index (χ2n) is 8.44. The Labute approximate surface area is 175 Å². The van der Waals surface area contributed by atoms with Crippen molar-refractivity contribution in [3.63, 3.8) is 0 Å². The zero-order chi connectivity index (χ0) is 22.1. The molecule has 0 saturated carbocycles. The van der Waals surface area contributed by atoms with Crippen LogP contribution in [0, 0.1) is 10.4 Å². The van der Waals surface area contributed by atoms with E-state index in [1.807, 2.05) is 0 Å². The highest BCUT2D eigenvalue weighted by Crippen LogP contribution is 2.36. The van der Waals surface area contributed by atoms with Crippen LogP contribution in [0.3, 0.4) is 0 Å². The van der Waals surface area contributed by atoms with Crippen LogP contribution in [0.2, 0.25) is 0 Å². The molecule has 0 unspecified atom stereocenters. The van der Waals surface area contributed by atoms with Crippen molar-refractivity contribution >= 4 is 22.9 Å². The molecule has 1 aromatic heterocycles. The van der Waals surface area contributed by atoms with Gasteiger partial charge in [-0.15, -0.1) is 0 Å². The summed E-state index contributed by atoms with van der Waals surface area (Å²) >= 11 is 0. The van der Waals surface area contributed by atoms with E-state index in [0.29, 0.717) is 43.1 Å². The maximum absolute atomic E-state index is 13.3. The molecular formula is C21H27N5O4. The molecule has 1 aliphatic carbocycles. The molecule has 3 rings (SSSR count). The molecule has 1 aromatic carbocycles. The number of hydrogen-bond donors (Lipinski definition) is 2. The fraction of sp³-hybridized carbons (Fsp3) is 0.381. The number of nitrogens with zero attached hydrogens (tertiary/aromatic N) is 3. The molecule has 1 heterocycles. The Hall–Kier alpha value is -2.85. The lowest BCUT2D eigenvalue weighted by molar-refractivity contribution is -0.838. The molecular weight excluding hydrogens is 386 g/mol. The zero-order valence-electron chi connectivity index (χ0n) is 17.7. The number of pyridine rings is 1. The van der Waals surface area contributed by atoms with Crippen molar-refractivity contribution in [3.05, 3.63) is 63.3 Å². The van der Waals surface area contributed by atoms with E-state index in [1.54, 1.807) is 12.1 Å². The number of ketones is 2. The van der Waals surface area contributed by atoms with Crippen LogP contribution in [0.15, 0.2) is 30.6 Å². The summed E-state index contributed by atoms with van der Waals surface area (Å²) in [4.78, 5) is 30.5. The number of aromatic nitrogens is 1. The zero-order valence-corrected chi connectivity index (χ0v) is 17.7. The highest BCUT2D eigenvalue weighted by Gasteiger charge is 2.34. The molecule has 9 nitrogen and oxygen atoms in total. The number of hydrogen-bond acceptors (Lipinski definition) is 7. The summed E-state index contributed by atoms with van der Waals surface area (Å²) in [6, 6.07) is 4.98. The number of fused-ring (bicyclic) bond motifs is 2. The van der Waals surface area contributed by atoms with E-state index in [9.17, 15) is 20.0 Å². The van der Waals surface area contributed by atoms with Crippen LogP contribution in [0.25, 0.3) is 0 Å². The van der Waals surface area contributed by atoms with E-state index < -0.39 is 9.29 Å². The van der Waals surface area contributed by atoms with Gasteiger partial charge in [0, 0.05) is 29.3 Å². The third-order valence-electron chi connectivity index (χ3n) is 4.90. The molecule has 0 saturated heterocycles. The van der Waals surface area contributed by atoms with Crippen molar-refractivity contribution in [2.24, 2.45) is 0 Å².